The van der Waals surface area contributed by atoms with Gasteiger partial charge in [0.2, 0.25) is 11.8 Å². The van der Waals surface area contributed by atoms with Gasteiger partial charge in [-0.3, -0.25) is 35.6 Å². The predicted molar refractivity (Wildman–Crippen MR) is 262 cm³/mol. The van der Waals surface area contributed by atoms with E-state index in [-0.39, 0.29) is 60.8 Å². The van der Waals surface area contributed by atoms with Gasteiger partial charge < -0.3 is 25.8 Å². The lowest BCUT2D eigenvalue weighted by atomic mass is 9.87. The smallest absolute Gasteiger partial charge is 0.338 e. The van der Waals surface area contributed by atoms with Crippen molar-refractivity contribution in [3.63, 3.8) is 0 Å². The zero-order chi connectivity index (χ0) is 47.4. The number of rotatable bonds is 28. The molecule has 5 rings (SSSR count). The summed E-state index contributed by atoms with van der Waals surface area (Å²) in [6.45, 7) is 10.3. The molecule has 0 bridgehead atoms. The van der Waals surface area contributed by atoms with E-state index in [2.05, 4.69) is 83.8 Å². The summed E-state index contributed by atoms with van der Waals surface area (Å²) in [5.74, 6) is -0.977. The number of carbonyl (C=O) groups is 4. The van der Waals surface area contributed by atoms with Crippen molar-refractivity contribution in [2.75, 3.05) is 26.3 Å². The van der Waals surface area contributed by atoms with Crippen molar-refractivity contribution in [1.82, 2.24) is 10.6 Å². The average Bonchev–Trinajstić information content (AvgIpc) is 3.30. The molecule has 12 nitrogen and oxygen atoms in total. The summed E-state index contributed by atoms with van der Waals surface area (Å²) in [6, 6.07) is 21.1. The van der Waals surface area contributed by atoms with Crippen LogP contribution in [-0.4, -0.2) is 67.8 Å². The SMILES string of the molecule is CC(C)CCO[C@H]1CC=c2ccccc2=C1c1c(OCC(=O)C[C@H](CCCC[NH3+])C(=O)N[C@H](CCC[NH+]=C(N)N)C(=O)C[C@@H](CC(C)C)C(=O)NCc2ccccc2)ccc2c1=CCCC=2. The van der Waals surface area contributed by atoms with Gasteiger partial charge in [0.25, 0.3) is 0 Å². The number of carbonyl (C=O) groups excluding carboxylic acids is 4. The third-order valence-corrected chi connectivity index (χ3v) is 12.4. The minimum Gasteiger partial charge on any atom is -0.485 e. The van der Waals surface area contributed by atoms with Gasteiger partial charge in [-0.2, -0.15) is 0 Å². The normalized spacial score (nSPS) is 15.5. The second kappa shape index (κ2) is 26.5. The van der Waals surface area contributed by atoms with E-state index in [4.69, 9.17) is 20.9 Å². The number of nitrogens with one attached hydrogen (secondary N) is 3. The molecule has 0 radical (unpaired) electrons. The third-order valence-electron chi connectivity index (χ3n) is 12.4. The molecule has 66 heavy (non-hydrogen) atoms. The number of ketones is 2. The van der Waals surface area contributed by atoms with E-state index >= 15 is 0 Å². The van der Waals surface area contributed by atoms with Gasteiger partial charge in [-0.1, -0.05) is 107 Å². The molecule has 356 valence electrons. The van der Waals surface area contributed by atoms with Crippen LogP contribution in [0.3, 0.4) is 0 Å². The minimum absolute atomic E-state index is 0.0370. The molecule has 0 fully saturated rings. The maximum Gasteiger partial charge on any atom is 0.338 e. The van der Waals surface area contributed by atoms with Crippen LogP contribution in [0.15, 0.2) is 66.7 Å². The van der Waals surface area contributed by atoms with E-state index in [1.807, 2.05) is 50.2 Å². The van der Waals surface area contributed by atoms with E-state index in [1.165, 1.54) is 0 Å². The lowest BCUT2D eigenvalue weighted by Gasteiger charge is -2.26. The predicted octanol–water partition coefficient (Wildman–Crippen LogP) is 1.78. The standard InChI is InChI=1S/C54H74N6O6/c1-36(2)27-30-65-48-25-23-39-17-8-10-20-44(39)50(48)51-45-21-11-9-18-40(45)24-26-49(51)66-35-43(61)32-41(19-12-13-28-55)53(64)60-46(22-14-29-58-54(56)57)47(62)33-42(31-37(3)4)52(63)59-34-38-15-6-5-7-16-38/h5-8,10,15-18,20-21,23-24,26,36-37,41-42,46,48H,9,11-14,19,22,25,27-35,55H2,1-4H3,(H,59,63)(H,60,64)(H4,56,57,58)/p+2/t41-,42+,46+,48-/m0/s1. The Kier molecular flexibility index (Phi) is 20.7. The lowest BCUT2D eigenvalue weighted by molar-refractivity contribution is -0.459. The fourth-order valence-corrected chi connectivity index (χ4v) is 8.91. The van der Waals surface area contributed by atoms with Crippen LogP contribution in [0.1, 0.15) is 116 Å². The number of Topliss-reactive ketones (excluding diaryl/α,β-unsaturated/α-hetero) is 2. The second-order valence-electron chi connectivity index (χ2n) is 18.8. The Hall–Kier alpha value is -5.59. The summed E-state index contributed by atoms with van der Waals surface area (Å²) in [5.41, 5.74) is 18.2. The zero-order valence-corrected chi connectivity index (χ0v) is 39.9. The van der Waals surface area contributed by atoms with Crippen LogP contribution in [0.2, 0.25) is 0 Å². The number of guanidine groups is 1. The van der Waals surface area contributed by atoms with Crippen LogP contribution in [-0.2, 0) is 30.5 Å². The van der Waals surface area contributed by atoms with E-state index in [1.54, 1.807) is 0 Å². The molecule has 3 aromatic carbocycles. The Bertz CT molecular complexity index is 2370. The molecule has 0 spiro atoms. The molecule has 2 aliphatic carbocycles. The Balaban J connectivity index is 1.37. The molecule has 0 saturated carbocycles. The first-order valence-electron chi connectivity index (χ1n) is 24.3. The summed E-state index contributed by atoms with van der Waals surface area (Å²) in [6.07, 6.45) is 13.2. The van der Waals surface area contributed by atoms with E-state index in [0.29, 0.717) is 70.0 Å². The van der Waals surface area contributed by atoms with Gasteiger partial charge in [0.1, 0.15) is 12.4 Å². The highest BCUT2D eigenvalue weighted by atomic mass is 16.5. The highest BCUT2D eigenvalue weighted by Crippen LogP contribution is 2.29. The number of hydrogen-bond acceptors (Lipinski definition) is 6. The van der Waals surface area contributed by atoms with Gasteiger partial charge in [-0.25, -0.2) is 0 Å². The van der Waals surface area contributed by atoms with Crippen molar-refractivity contribution in [3.8, 4) is 5.75 Å². The second-order valence-corrected chi connectivity index (χ2v) is 18.8. The van der Waals surface area contributed by atoms with Crippen molar-refractivity contribution in [2.45, 2.75) is 123 Å². The Morgan fingerprint density at radius 3 is 2.29 bits per heavy atom. The highest BCUT2D eigenvalue weighted by molar-refractivity contribution is 5.94. The summed E-state index contributed by atoms with van der Waals surface area (Å²) >= 11 is 0. The Labute approximate surface area is 391 Å². The van der Waals surface area contributed by atoms with Crippen molar-refractivity contribution in [3.05, 3.63) is 98.7 Å². The van der Waals surface area contributed by atoms with Crippen LogP contribution < -0.4 is 58.4 Å². The number of amides is 2. The summed E-state index contributed by atoms with van der Waals surface area (Å²) in [7, 11) is 0. The van der Waals surface area contributed by atoms with E-state index in [9.17, 15) is 19.2 Å². The number of unbranched alkanes of at least 4 members (excludes halogenated alkanes) is 1. The first-order valence-corrected chi connectivity index (χ1v) is 24.3. The molecule has 2 amide bonds. The minimum atomic E-state index is -0.883. The number of benzene rings is 3. The van der Waals surface area contributed by atoms with Crippen LogP contribution >= 0.6 is 0 Å². The molecule has 4 atom stereocenters. The van der Waals surface area contributed by atoms with Crippen LogP contribution in [0, 0.1) is 23.7 Å². The van der Waals surface area contributed by atoms with Gasteiger partial charge in [0, 0.05) is 49.0 Å². The molecule has 0 aromatic heterocycles. The fourth-order valence-electron chi connectivity index (χ4n) is 8.91. The summed E-state index contributed by atoms with van der Waals surface area (Å²) in [5, 5.41) is 10.5. The molecule has 3 aromatic rings. The fraction of sp³-hybridized carbons (Fsp3) is 0.500. The maximum absolute atomic E-state index is 14.3. The molecule has 0 unspecified atom stereocenters. The largest absolute Gasteiger partial charge is 0.485 e. The molecular formula is C54H76N6O6+2. The Morgan fingerprint density at radius 1 is 0.788 bits per heavy atom. The molecule has 0 heterocycles. The summed E-state index contributed by atoms with van der Waals surface area (Å²) in [4.78, 5) is 59.1. The van der Waals surface area contributed by atoms with Gasteiger partial charge in [0.15, 0.2) is 11.6 Å². The first-order chi connectivity index (χ1) is 31.8. The molecular weight excluding hydrogens is 829 g/mol. The third kappa shape index (κ3) is 15.8. The molecule has 2 aliphatic rings. The summed E-state index contributed by atoms with van der Waals surface area (Å²) < 4.78 is 13.2. The number of quaternary nitrogens is 1. The van der Waals surface area contributed by atoms with Gasteiger partial charge in [0.05, 0.1) is 25.2 Å². The molecule has 12 heteroatoms. The van der Waals surface area contributed by atoms with Crippen LogP contribution in [0.25, 0.3) is 23.8 Å². The van der Waals surface area contributed by atoms with E-state index < -0.39 is 17.9 Å². The Morgan fingerprint density at radius 2 is 1.55 bits per heavy atom. The number of nitrogens with two attached hydrogens (primary N) is 2. The van der Waals surface area contributed by atoms with Crippen molar-refractivity contribution < 1.29 is 39.4 Å². The molecule has 0 saturated heterocycles. The molecule has 0 aliphatic heterocycles. The highest BCUT2D eigenvalue weighted by Gasteiger charge is 2.31. The van der Waals surface area contributed by atoms with Crippen LogP contribution in [0.5, 0.6) is 5.75 Å². The van der Waals surface area contributed by atoms with Gasteiger partial charge >= 0.3 is 5.96 Å². The van der Waals surface area contributed by atoms with Gasteiger partial charge in [-0.05, 0) is 109 Å². The zero-order valence-electron chi connectivity index (χ0n) is 39.9. The van der Waals surface area contributed by atoms with Crippen molar-refractivity contribution in [2.24, 2.45) is 35.1 Å². The van der Waals surface area contributed by atoms with E-state index in [0.717, 1.165) is 69.7 Å². The number of ether oxygens (including phenoxy) is 2. The average molecular weight is 905 g/mol. The quantitative estimate of drug-likeness (QED) is 0.0360. The maximum atomic E-state index is 14.3. The van der Waals surface area contributed by atoms with Gasteiger partial charge in [-0.15, -0.1) is 0 Å². The number of hydrogen-bond donors (Lipinski definition) is 6. The van der Waals surface area contributed by atoms with Crippen LogP contribution in [0.4, 0.5) is 0 Å². The monoisotopic (exact) mass is 905 g/mol. The number of fused-ring (bicyclic) bond motifs is 2. The molecule has 10 N–H and O–H groups in total. The lowest BCUT2D eigenvalue weighted by Crippen LogP contribution is -2.78. The topological polar surface area (TPSA) is 204 Å². The first kappa shape index (κ1) is 51.4. The van der Waals surface area contributed by atoms with Crippen molar-refractivity contribution in [1.29, 1.82) is 0 Å². The van der Waals surface area contributed by atoms with Crippen molar-refractivity contribution >= 4 is 53.1 Å².